The van der Waals surface area contributed by atoms with E-state index in [0.29, 0.717) is 5.82 Å². The van der Waals surface area contributed by atoms with Crippen molar-refractivity contribution in [2.75, 3.05) is 11.9 Å². The summed E-state index contributed by atoms with van der Waals surface area (Å²) in [5.74, 6) is -0.411. The highest BCUT2D eigenvalue weighted by atomic mass is 32.1. The van der Waals surface area contributed by atoms with Crippen molar-refractivity contribution in [2.24, 2.45) is 0 Å². The van der Waals surface area contributed by atoms with E-state index in [1.165, 1.54) is 4.88 Å². The molecule has 1 atom stereocenters. The molecule has 4 nitrogen and oxygen atoms in total. The lowest BCUT2D eigenvalue weighted by atomic mass is 10.1. The highest BCUT2D eigenvalue weighted by molar-refractivity contribution is 7.10. The van der Waals surface area contributed by atoms with Gasteiger partial charge in [0.05, 0.1) is 6.04 Å². The third kappa shape index (κ3) is 2.67. The highest BCUT2D eigenvalue weighted by Gasteiger charge is 2.22. The van der Waals surface area contributed by atoms with Gasteiger partial charge in [0.1, 0.15) is 11.4 Å². The number of hydrogen-bond acceptors (Lipinski definition) is 4. The van der Waals surface area contributed by atoms with Crippen LogP contribution >= 0.6 is 11.3 Å². The summed E-state index contributed by atoms with van der Waals surface area (Å²) < 4.78 is 0. The second-order valence-electron chi connectivity index (χ2n) is 4.89. The van der Waals surface area contributed by atoms with Crippen LogP contribution in [0, 0.1) is 13.8 Å². The zero-order chi connectivity index (χ0) is 14.9. The minimum absolute atomic E-state index is 0.0850. The normalized spacial score (nSPS) is 12.2. The van der Waals surface area contributed by atoms with Crippen LogP contribution in [0.3, 0.4) is 0 Å². The molecule has 2 aromatic heterocycles. The van der Waals surface area contributed by atoms with E-state index in [9.17, 15) is 9.90 Å². The molecule has 0 saturated carbocycles. The van der Waals surface area contributed by atoms with E-state index in [1.807, 2.05) is 37.2 Å². The Labute approximate surface area is 122 Å². The predicted octanol–water partition coefficient (Wildman–Crippen LogP) is 3.66. The van der Waals surface area contributed by atoms with Crippen LogP contribution in [0.1, 0.15) is 39.5 Å². The van der Waals surface area contributed by atoms with Gasteiger partial charge in [-0.3, -0.25) is 0 Å². The standard InChI is InChI=1S/C15H18N2O2S/c1-9-8-10(2)16-14(13(9)15(18)19)17(4)11(3)12-6-5-7-20-12/h5-8,11H,1-4H3,(H,18,19). The Hall–Kier alpha value is -1.88. The lowest BCUT2D eigenvalue weighted by Crippen LogP contribution is -2.25. The fourth-order valence-corrected chi connectivity index (χ4v) is 3.07. The van der Waals surface area contributed by atoms with Gasteiger partial charge < -0.3 is 10.0 Å². The first-order valence-electron chi connectivity index (χ1n) is 6.39. The minimum atomic E-state index is -0.935. The lowest BCUT2D eigenvalue weighted by Gasteiger charge is -2.27. The van der Waals surface area contributed by atoms with E-state index in [-0.39, 0.29) is 11.6 Å². The summed E-state index contributed by atoms with van der Waals surface area (Å²) in [5, 5.41) is 11.5. The largest absolute Gasteiger partial charge is 0.478 e. The molecule has 0 fully saturated rings. The lowest BCUT2D eigenvalue weighted by molar-refractivity contribution is 0.0696. The molecular formula is C15H18N2O2S. The van der Waals surface area contributed by atoms with E-state index >= 15 is 0 Å². The van der Waals surface area contributed by atoms with Crippen LogP contribution < -0.4 is 4.90 Å². The molecule has 0 spiro atoms. The molecule has 0 aliphatic carbocycles. The third-order valence-electron chi connectivity index (χ3n) is 3.41. The fourth-order valence-electron chi connectivity index (χ4n) is 2.24. The fraction of sp³-hybridized carbons (Fsp3) is 0.333. The molecule has 20 heavy (non-hydrogen) atoms. The molecule has 1 N–H and O–H groups in total. The van der Waals surface area contributed by atoms with E-state index in [0.717, 1.165) is 11.3 Å². The average molecular weight is 290 g/mol. The quantitative estimate of drug-likeness (QED) is 0.933. The summed E-state index contributed by atoms with van der Waals surface area (Å²) in [4.78, 5) is 19.1. The van der Waals surface area contributed by atoms with Crippen molar-refractivity contribution in [3.63, 3.8) is 0 Å². The Morgan fingerprint density at radius 1 is 1.45 bits per heavy atom. The number of aromatic carboxylic acids is 1. The van der Waals surface area contributed by atoms with Crippen LogP contribution in [0.2, 0.25) is 0 Å². The minimum Gasteiger partial charge on any atom is -0.478 e. The van der Waals surface area contributed by atoms with E-state index < -0.39 is 5.97 Å². The Kier molecular flexibility index (Phi) is 4.09. The van der Waals surface area contributed by atoms with Gasteiger partial charge in [-0.25, -0.2) is 9.78 Å². The third-order valence-corrected chi connectivity index (χ3v) is 4.45. The number of aryl methyl sites for hydroxylation is 2. The summed E-state index contributed by atoms with van der Waals surface area (Å²) in [7, 11) is 1.89. The van der Waals surface area contributed by atoms with Crippen LogP contribution in [0.5, 0.6) is 0 Å². The van der Waals surface area contributed by atoms with Gasteiger partial charge in [0.2, 0.25) is 0 Å². The van der Waals surface area contributed by atoms with Crippen molar-refractivity contribution in [2.45, 2.75) is 26.8 Å². The zero-order valence-electron chi connectivity index (χ0n) is 12.0. The van der Waals surface area contributed by atoms with Gasteiger partial charge in [0.15, 0.2) is 0 Å². The first-order valence-corrected chi connectivity index (χ1v) is 7.27. The second-order valence-corrected chi connectivity index (χ2v) is 5.87. The molecule has 106 valence electrons. The van der Waals surface area contributed by atoms with E-state index in [4.69, 9.17) is 0 Å². The van der Waals surface area contributed by atoms with Crippen molar-refractivity contribution < 1.29 is 9.90 Å². The van der Waals surface area contributed by atoms with Gasteiger partial charge in [0, 0.05) is 17.6 Å². The topological polar surface area (TPSA) is 53.4 Å². The van der Waals surface area contributed by atoms with Crippen LogP contribution in [0.15, 0.2) is 23.6 Å². The van der Waals surface area contributed by atoms with Crippen LogP contribution in [0.25, 0.3) is 0 Å². The smallest absolute Gasteiger partial charge is 0.339 e. The molecule has 0 amide bonds. The highest BCUT2D eigenvalue weighted by Crippen LogP contribution is 2.30. The maximum absolute atomic E-state index is 11.5. The summed E-state index contributed by atoms with van der Waals surface area (Å²) in [6.07, 6.45) is 0. The summed E-state index contributed by atoms with van der Waals surface area (Å²) >= 11 is 1.66. The monoisotopic (exact) mass is 290 g/mol. The van der Waals surface area contributed by atoms with Crippen molar-refractivity contribution in [1.82, 2.24) is 4.98 Å². The van der Waals surface area contributed by atoms with Gasteiger partial charge in [0.25, 0.3) is 0 Å². The Morgan fingerprint density at radius 3 is 2.70 bits per heavy atom. The summed E-state index contributed by atoms with van der Waals surface area (Å²) in [5.41, 5.74) is 1.85. The average Bonchev–Trinajstić information content (AvgIpc) is 2.89. The molecular weight excluding hydrogens is 272 g/mol. The Morgan fingerprint density at radius 2 is 2.15 bits per heavy atom. The van der Waals surface area contributed by atoms with Gasteiger partial charge >= 0.3 is 5.97 Å². The number of carboxylic acids is 1. The van der Waals surface area contributed by atoms with Gasteiger partial charge in [-0.15, -0.1) is 11.3 Å². The first kappa shape index (κ1) is 14.5. The number of rotatable bonds is 4. The molecule has 2 rings (SSSR count). The number of pyridine rings is 1. The van der Waals surface area contributed by atoms with Crippen molar-refractivity contribution in [3.8, 4) is 0 Å². The number of hydrogen-bond donors (Lipinski definition) is 1. The SMILES string of the molecule is Cc1cc(C)c(C(=O)O)c(N(C)C(C)c2cccs2)n1. The van der Waals surface area contributed by atoms with Gasteiger partial charge in [-0.05, 0) is 43.8 Å². The molecule has 2 aromatic rings. The van der Waals surface area contributed by atoms with Crippen molar-refractivity contribution in [1.29, 1.82) is 0 Å². The summed E-state index contributed by atoms with van der Waals surface area (Å²) in [6.45, 7) is 5.74. The van der Waals surface area contributed by atoms with Crippen LogP contribution in [0.4, 0.5) is 5.82 Å². The second kappa shape index (κ2) is 5.63. The number of aromatic nitrogens is 1. The Balaban J connectivity index is 2.48. The van der Waals surface area contributed by atoms with E-state index in [1.54, 1.807) is 17.4 Å². The van der Waals surface area contributed by atoms with E-state index in [2.05, 4.69) is 18.0 Å². The first-order chi connectivity index (χ1) is 9.41. The van der Waals surface area contributed by atoms with Crippen molar-refractivity contribution >= 4 is 23.1 Å². The maximum Gasteiger partial charge on any atom is 0.339 e. The molecule has 5 heteroatoms. The van der Waals surface area contributed by atoms with Crippen molar-refractivity contribution in [3.05, 3.63) is 45.3 Å². The number of anilines is 1. The molecule has 2 heterocycles. The zero-order valence-corrected chi connectivity index (χ0v) is 12.9. The van der Waals surface area contributed by atoms with Gasteiger partial charge in [-0.1, -0.05) is 6.07 Å². The molecule has 0 bridgehead atoms. The van der Waals surface area contributed by atoms with Crippen LogP contribution in [-0.4, -0.2) is 23.1 Å². The molecule has 1 unspecified atom stereocenters. The summed E-state index contributed by atoms with van der Waals surface area (Å²) in [6, 6.07) is 5.94. The number of carboxylic acid groups (broad SMARTS) is 1. The predicted molar refractivity (Wildman–Crippen MR) is 81.8 cm³/mol. The molecule has 0 radical (unpaired) electrons. The number of thiophene rings is 1. The van der Waals surface area contributed by atoms with Gasteiger partial charge in [-0.2, -0.15) is 0 Å². The number of nitrogens with zero attached hydrogens (tertiary/aromatic N) is 2. The molecule has 0 aliphatic heterocycles. The van der Waals surface area contributed by atoms with Crippen LogP contribution in [-0.2, 0) is 0 Å². The molecule has 0 aliphatic rings. The number of carbonyl (C=O) groups is 1. The molecule has 0 saturated heterocycles. The molecule has 0 aromatic carbocycles. The maximum atomic E-state index is 11.5. The Bertz CT molecular complexity index is 623.